The summed E-state index contributed by atoms with van der Waals surface area (Å²) in [6, 6.07) is 0. The summed E-state index contributed by atoms with van der Waals surface area (Å²) in [7, 11) is 0. The Bertz CT molecular complexity index is 269. The summed E-state index contributed by atoms with van der Waals surface area (Å²) in [5, 5.41) is 7.47. The van der Waals surface area contributed by atoms with Crippen LogP contribution in [0, 0.1) is 0 Å². The lowest BCUT2D eigenvalue weighted by molar-refractivity contribution is -0.118. The summed E-state index contributed by atoms with van der Waals surface area (Å²) >= 11 is 0. The van der Waals surface area contributed by atoms with E-state index in [4.69, 9.17) is 11.5 Å². The zero-order valence-electron chi connectivity index (χ0n) is 6.60. The SMILES string of the molecule is NCCc1cn(CC(N)=O)nn1. The highest BCUT2D eigenvalue weighted by molar-refractivity contribution is 5.73. The van der Waals surface area contributed by atoms with Crippen molar-refractivity contribution in [3.63, 3.8) is 0 Å². The van der Waals surface area contributed by atoms with Gasteiger partial charge in [-0.25, -0.2) is 4.68 Å². The van der Waals surface area contributed by atoms with Crippen LogP contribution in [-0.4, -0.2) is 27.4 Å². The van der Waals surface area contributed by atoms with Gasteiger partial charge < -0.3 is 11.5 Å². The lowest BCUT2D eigenvalue weighted by Gasteiger charge is -1.92. The predicted molar refractivity (Wildman–Crippen MR) is 42.0 cm³/mol. The second-order valence-electron chi connectivity index (χ2n) is 2.41. The van der Waals surface area contributed by atoms with Gasteiger partial charge in [-0.15, -0.1) is 5.10 Å². The molecule has 4 N–H and O–H groups in total. The van der Waals surface area contributed by atoms with Gasteiger partial charge in [0.15, 0.2) is 0 Å². The van der Waals surface area contributed by atoms with E-state index in [1.807, 2.05) is 0 Å². The van der Waals surface area contributed by atoms with Crippen LogP contribution in [0.5, 0.6) is 0 Å². The van der Waals surface area contributed by atoms with Gasteiger partial charge in [-0.3, -0.25) is 4.79 Å². The molecule has 0 aliphatic heterocycles. The molecule has 1 aromatic heterocycles. The molecule has 0 unspecified atom stereocenters. The molecule has 0 aromatic carbocycles. The monoisotopic (exact) mass is 169 g/mol. The van der Waals surface area contributed by atoms with Crippen LogP contribution >= 0.6 is 0 Å². The van der Waals surface area contributed by atoms with E-state index in [-0.39, 0.29) is 6.54 Å². The van der Waals surface area contributed by atoms with E-state index in [1.54, 1.807) is 6.20 Å². The number of aromatic nitrogens is 3. The van der Waals surface area contributed by atoms with Gasteiger partial charge in [-0.05, 0) is 6.54 Å². The Morgan fingerprint density at radius 1 is 1.67 bits per heavy atom. The van der Waals surface area contributed by atoms with Crippen molar-refractivity contribution < 1.29 is 4.79 Å². The Balaban J connectivity index is 2.58. The van der Waals surface area contributed by atoms with Crippen molar-refractivity contribution in [3.05, 3.63) is 11.9 Å². The second-order valence-corrected chi connectivity index (χ2v) is 2.41. The average molecular weight is 169 g/mol. The molecule has 0 fully saturated rings. The molecule has 0 atom stereocenters. The maximum absolute atomic E-state index is 10.4. The maximum Gasteiger partial charge on any atom is 0.239 e. The van der Waals surface area contributed by atoms with Crippen molar-refractivity contribution in [2.75, 3.05) is 6.54 Å². The first kappa shape index (κ1) is 8.66. The second kappa shape index (κ2) is 3.82. The average Bonchev–Trinajstić information content (AvgIpc) is 2.36. The molecule has 1 heterocycles. The zero-order valence-corrected chi connectivity index (χ0v) is 6.60. The molecular weight excluding hydrogens is 158 g/mol. The molecule has 1 rings (SSSR count). The van der Waals surface area contributed by atoms with Crippen LogP contribution < -0.4 is 11.5 Å². The molecule has 6 heteroatoms. The molecular formula is C6H11N5O. The fourth-order valence-corrected chi connectivity index (χ4v) is 0.838. The van der Waals surface area contributed by atoms with Gasteiger partial charge in [0.2, 0.25) is 5.91 Å². The number of nitrogens with zero attached hydrogens (tertiary/aromatic N) is 3. The fraction of sp³-hybridized carbons (Fsp3) is 0.500. The largest absolute Gasteiger partial charge is 0.368 e. The Morgan fingerprint density at radius 2 is 2.42 bits per heavy atom. The minimum atomic E-state index is -0.431. The van der Waals surface area contributed by atoms with E-state index >= 15 is 0 Å². The standard InChI is InChI=1S/C6H11N5O/c7-2-1-5-3-11(10-9-5)4-6(8)12/h3H,1-2,4,7H2,(H2,8,12). The number of rotatable bonds is 4. The number of hydrogen-bond acceptors (Lipinski definition) is 4. The van der Waals surface area contributed by atoms with E-state index in [0.717, 1.165) is 5.69 Å². The summed E-state index contributed by atoms with van der Waals surface area (Å²) in [6.07, 6.45) is 2.33. The molecule has 0 bridgehead atoms. The Labute approximate surface area is 69.5 Å². The van der Waals surface area contributed by atoms with Gasteiger partial charge >= 0.3 is 0 Å². The molecule has 6 nitrogen and oxygen atoms in total. The first-order valence-electron chi connectivity index (χ1n) is 3.59. The van der Waals surface area contributed by atoms with Crippen molar-refractivity contribution in [1.82, 2.24) is 15.0 Å². The van der Waals surface area contributed by atoms with Crippen LogP contribution in [0.4, 0.5) is 0 Å². The summed E-state index contributed by atoms with van der Waals surface area (Å²) < 4.78 is 1.40. The van der Waals surface area contributed by atoms with E-state index in [0.29, 0.717) is 13.0 Å². The van der Waals surface area contributed by atoms with E-state index in [1.165, 1.54) is 4.68 Å². The summed E-state index contributed by atoms with van der Waals surface area (Å²) in [4.78, 5) is 10.4. The Morgan fingerprint density at radius 3 is 3.00 bits per heavy atom. The maximum atomic E-state index is 10.4. The number of carbonyl (C=O) groups excluding carboxylic acids is 1. The van der Waals surface area contributed by atoms with Gasteiger partial charge in [-0.2, -0.15) is 0 Å². The highest BCUT2D eigenvalue weighted by atomic mass is 16.1. The number of nitrogens with two attached hydrogens (primary N) is 2. The van der Waals surface area contributed by atoms with Gasteiger partial charge in [0.1, 0.15) is 6.54 Å². The summed E-state index contributed by atoms with van der Waals surface area (Å²) in [5.41, 5.74) is 11.0. The molecule has 12 heavy (non-hydrogen) atoms. The molecule has 66 valence electrons. The molecule has 0 aliphatic carbocycles. The van der Waals surface area contributed by atoms with Gasteiger partial charge in [0.05, 0.1) is 5.69 Å². The van der Waals surface area contributed by atoms with Crippen LogP contribution in [0.15, 0.2) is 6.20 Å². The minimum absolute atomic E-state index is 0.0670. The summed E-state index contributed by atoms with van der Waals surface area (Å²) in [5.74, 6) is -0.431. The molecule has 1 aromatic rings. The van der Waals surface area contributed by atoms with Crippen molar-refractivity contribution >= 4 is 5.91 Å². The molecule has 1 amide bonds. The van der Waals surface area contributed by atoms with E-state index in [9.17, 15) is 4.79 Å². The van der Waals surface area contributed by atoms with Gasteiger partial charge in [0, 0.05) is 12.6 Å². The van der Waals surface area contributed by atoms with Crippen LogP contribution in [0.3, 0.4) is 0 Å². The summed E-state index contributed by atoms with van der Waals surface area (Å²) in [6.45, 7) is 0.590. The van der Waals surface area contributed by atoms with Crippen molar-refractivity contribution in [2.45, 2.75) is 13.0 Å². The third-order valence-electron chi connectivity index (χ3n) is 1.30. The lowest BCUT2D eigenvalue weighted by Crippen LogP contribution is -2.18. The molecule has 0 spiro atoms. The third kappa shape index (κ3) is 2.31. The van der Waals surface area contributed by atoms with Crippen molar-refractivity contribution in [1.29, 1.82) is 0 Å². The Hall–Kier alpha value is -1.43. The van der Waals surface area contributed by atoms with Crippen molar-refractivity contribution in [3.8, 4) is 0 Å². The van der Waals surface area contributed by atoms with E-state index < -0.39 is 5.91 Å². The third-order valence-corrected chi connectivity index (χ3v) is 1.30. The highest BCUT2D eigenvalue weighted by Gasteiger charge is 2.01. The van der Waals surface area contributed by atoms with Crippen molar-refractivity contribution in [2.24, 2.45) is 11.5 Å². The van der Waals surface area contributed by atoms with Gasteiger partial charge in [-0.1, -0.05) is 5.21 Å². The molecule has 0 radical (unpaired) electrons. The predicted octanol–water partition coefficient (Wildman–Crippen LogP) is -1.74. The highest BCUT2D eigenvalue weighted by Crippen LogP contribution is 1.92. The van der Waals surface area contributed by atoms with Crippen LogP contribution in [0.2, 0.25) is 0 Å². The first-order chi connectivity index (χ1) is 5.72. The zero-order chi connectivity index (χ0) is 8.97. The minimum Gasteiger partial charge on any atom is -0.368 e. The fourth-order valence-electron chi connectivity index (χ4n) is 0.838. The topological polar surface area (TPSA) is 99.8 Å². The van der Waals surface area contributed by atoms with E-state index in [2.05, 4.69) is 10.3 Å². The molecule has 0 saturated carbocycles. The smallest absolute Gasteiger partial charge is 0.239 e. The first-order valence-corrected chi connectivity index (χ1v) is 3.59. The normalized spacial score (nSPS) is 10.1. The molecule has 0 saturated heterocycles. The van der Waals surface area contributed by atoms with Crippen LogP contribution in [0.1, 0.15) is 5.69 Å². The Kier molecular flexibility index (Phi) is 2.76. The number of amides is 1. The quantitative estimate of drug-likeness (QED) is 0.559. The number of carbonyl (C=O) groups is 1. The molecule has 0 aliphatic rings. The number of hydrogen-bond donors (Lipinski definition) is 2. The van der Waals surface area contributed by atoms with Gasteiger partial charge in [0.25, 0.3) is 0 Å². The van der Waals surface area contributed by atoms with Crippen LogP contribution in [0.25, 0.3) is 0 Å². The van der Waals surface area contributed by atoms with Crippen LogP contribution in [-0.2, 0) is 17.8 Å². The number of primary amides is 1. The lowest BCUT2D eigenvalue weighted by atomic mass is 10.3.